The van der Waals surface area contributed by atoms with Gasteiger partial charge in [-0.15, -0.1) is 0 Å². The van der Waals surface area contributed by atoms with Crippen molar-refractivity contribution in [2.45, 2.75) is 52.1 Å². The molecular formula is C20H25N3O. The van der Waals surface area contributed by atoms with Crippen LogP contribution in [0.5, 0.6) is 0 Å². The first-order chi connectivity index (χ1) is 11.5. The number of aryl methyl sites for hydroxylation is 2. The number of aromatic nitrogens is 2. The van der Waals surface area contributed by atoms with E-state index in [9.17, 15) is 4.79 Å². The van der Waals surface area contributed by atoms with Crippen molar-refractivity contribution in [1.82, 2.24) is 14.7 Å². The van der Waals surface area contributed by atoms with E-state index in [1.165, 1.54) is 22.4 Å². The molecule has 126 valence electrons. The fourth-order valence-electron chi connectivity index (χ4n) is 3.96. The van der Waals surface area contributed by atoms with Gasteiger partial charge in [0.25, 0.3) is 0 Å². The average Bonchev–Trinajstić information content (AvgIpc) is 3.26. The van der Waals surface area contributed by atoms with Crippen LogP contribution in [-0.2, 0) is 31.2 Å². The molecule has 24 heavy (non-hydrogen) atoms. The minimum atomic E-state index is 0.111. The molecule has 4 heteroatoms. The van der Waals surface area contributed by atoms with Crippen molar-refractivity contribution in [3.05, 3.63) is 52.3 Å². The van der Waals surface area contributed by atoms with Crippen LogP contribution in [0.3, 0.4) is 0 Å². The molecule has 1 aromatic heterocycles. The van der Waals surface area contributed by atoms with Gasteiger partial charge in [-0.05, 0) is 50.7 Å². The zero-order chi connectivity index (χ0) is 16.8. The van der Waals surface area contributed by atoms with E-state index in [-0.39, 0.29) is 5.92 Å². The maximum absolute atomic E-state index is 13.2. The minimum absolute atomic E-state index is 0.111. The number of benzene rings is 1. The second-order valence-corrected chi connectivity index (χ2v) is 7.34. The zero-order valence-electron chi connectivity index (χ0n) is 14.7. The van der Waals surface area contributed by atoms with E-state index in [1.807, 2.05) is 18.7 Å². The number of hydrogen-bond donors (Lipinski definition) is 0. The monoisotopic (exact) mass is 323 g/mol. The Morgan fingerprint density at radius 2 is 1.83 bits per heavy atom. The third-order valence-corrected chi connectivity index (χ3v) is 5.66. The molecule has 0 bridgehead atoms. The Bertz CT molecular complexity index is 763. The van der Waals surface area contributed by atoms with Crippen LogP contribution >= 0.6 is 0 Å². The molecule has 2 aliphatic carbocycles. The normalized spacial score (nSPS) is 17.1. The van der Waals surface area contributed by atoms with E-state index in [4.69, 9.17) is 0 Å². The van der Waals surface area contributed by atoms with E-state index in [1.54, 1.807) is 0 Å². The Balaban J connectivity index is 1.55. The van der Waals surface area contributed by atoms with Gasteiger partial charge in [0.2, 0.25) is 5.91 Å². The molecule has 0 radical (unpaired) electrons. The van der Waals surface area contributed by atoms with Gasteiger partial charge in [-0.1, -0.05) is 24.3 Å². The van der Waals surface area contributed by atoms with Crippen molar-refractivity contribution >= 4 is 5.91 Å². The van der Waals surface area contributed by atoms with Gasteiger partial charge in [0, 0.05) is 36.8 Å². The van der Waals surface area contributed by atoms with Gasteiger partial charge in [0.15, 0.2) is 0 Å². The van der Waals surface area contributed by atoms with Crippen LogP contribution in [0.25, 0.3) is 0 Å². The zero-order valence-corrected chi connectivity index (χ0v) is 14.7. The molecule has 2 aromatic rings. The summed E-state index contributed by atoms with van der Waals surface area (Å²) in [6.07, 6.45) is 4.07. The van der Waals surface area contributed by atoms with Crippen LogP contribution in [-0.4, -0.2) is 26.6 Å². The molecule has 2 aliphatic rings. The summed E-state index contributed by atoms with van der Waals surface area (Å²) >= 11 is 0. The summed E-state index contributed by atoms with van der Waals surface area (Å²) in [6.45, 7) is 4.85. The summed E-state index contributed by atoms with van der Waals surface area (Å²) in [5.74, 6) is 0.441. The number of hydrogen-bond acceptors (Lipinski definition) is 2. The lowest BCUT2D eigenvalue weighted by Crippen LogP contribution is -2.38. The van der Waals surface area contributed by atoms with Crippen molar-refractivity contribution in [2.24, 2.45) is 13.0 Å². The number of carbonyl (C=O) groups excluding carboxylic acids is 1. The second-order valence-electron chi connectivity index (χ2n) is 7.34. The highest BCUT2D eigenvalue weighted by Crippen LogP contribution is 2.34. The summed E-state index contributed by atoms with van der Waals surface area (Å²) < 4.78 is 1.92. The Hall–Kier alpha value is -2.10. The Morgan fingerprint density at radius 1 is 1.21 bits per heavy atom. The molecule has 0 unspecified atom stereocenters. The van der Waals surface area contributed by atoms with Gasteiger partial charge in [-0.2, -0.15) is 5.10 Å². The van der Waals surface area contributed by atoms with Crippen molar-refractivity contribution in [2.75, 3.05) is 0 Å². The first-order valence-corrected chi connectivity index (χ1v) is 8.91. The fourth-order valence-corrected chi connectivity index (χ4v) is 3.96. The van der Waals surface area contributed by atoms with E-state index in [2.05, 4.69) is 41.2 Å². The molecule has 1 fully saturated rings. The summed E-state index contributed by atoms with van der Waals surface area (Å²) in [6, 6.07) is 8.92. The van der Waals surface area contributed by atoms with Crippen molar-refractivity contribution in [3.63, 3.8) is 0 Å². The molecule has 0 spiro atoms. The molecule has 1 heterocycles. The van der Waals surface area contributed by atoms with Crippen LogP contribution in [0.2, 0.25) is 0 Å². The van der Waals surface area contributed by atoms with Gasteiger partial charge >= 0.3 is 0 Å². The molecule has 4 rings (SSSR count). The minimum Gasteiger partial charge on any atom is -0.335 e. The Morgan fingerprint density at radius 3 is 2.33 bits per heavy atom. The maximum atomic E-state index is 13.2. The summed E-state index contributed by atoms with van der Waals surface area (Å²) in [5, 5.41) is 4.51. The number of fused-ring (bicyclic) bond motifs is 1. The van der Waals surface area contributed by atoms with Crippen molar-refractivity contribution < 1.29 is 4.79 Å². The summed E-state index contributed by atoms with van der Waals surface area (Å²) in [4.78, 5) is 15.4. The third kappa shape index (κ3) is 2.64. The third-order valence-electron chi connectivity index (χ3n) is 5.66. The van der Waals surface area contributed by atoms with Crippen molar-refractivity contribution in [3.8, 4) is 0 Å². The molecule has 1 saturated carbocycles. The number of rotatable bonds is 4. The quantitative estimate of drug-likeness (QED) is 0.867. The molecule has 0 atom stereocenters. The molecule has 0 aliphatic heterocycles. The first kappa shape index (κ1) is 15.4. The van der Waals surface area contributed by atoms with Crippen LogP contribution in [0.1, 0.15) is 40.9 Å². The standard InChI is InChI=1S/C20H25N3O/c1-13-19(14(2)22(3)21-13)12-23(18-8-9-18)20(24)17-10-15-6-4-5-7-16(15)11-17/h4-7,17-18H,8-12H2,1-3H3. The maximum Gasteiger partial charge on any atom is 0.226 e. The Kier molecular flexibility index (Phi) is 3.70. The lowest BCUT2D eigenvalue weighted by atomic mass is 10.0. The van der Waals surface area contributed by atoms with E-state index in [0.717, 1.165) is 31.4 Å². The summed E-state index contributed by atoms with van der Waals surface area (Å²) in [5.41, 5.74) is 6.12. The van der Waals surface area contributed by atoms with Gasteiger partial charge in [-0.25, -0.2) is 0 Å². The molecule has 1 amide bonds. The highest BCUT2D eigenvalue weighted by atomic mass is 16.2. The number of carbonyl (C=O) groups is 1. The number of nitrogens with zero attached hydrogens (tertiary/aromatic N) is 3. The summed E-state index contributed by atoms with van der Waals surface area (Å²) in [7, 11) is 1.97. The van der Waals surface area contributed by atoms with Crippen LogP contribution in [0, 0.1) is 19.8 Å². The first-order valence-electron chi connectivity index (χ1n) is 8.91. The highest BCUT2D eigenvalue weighted by Gasteiger charge is 2.38. The second kappa shape index (κ2) is 5.76. The molecule has 0 saturated heterocycles. The van der Waals surface area contributed by atoms with Gasteiger partial charge in [0.05, 0.1) is 5.69 Å². The van der Waals surface area contributed by atoms with Gasteiger partial charge in [-0.3, -0.25) is 9.48 Å². The van der Waals surface area contributed by atoms with E-state index < -0.39 is 0 Å². The molecular weight excluding hydrogens is 298 g/mol. The van der Waals surface area contributed by atoms with E-state index >= 15 is 0 Å². The lowest BCUT2D eigenvalue weighted by Gasteiger charge is -2.26. The van der Waals surface area contributed by atoms with Gasteiger partial charge in [0.1, 0.15) is 0 Å². The smallest absolute Gasteiger partial charge is 0.226 e. The predicted octanol–water partition coefficient (Wildman–Crippen LogP) is 2.94. The largest absolute Gasteiger partial charge is 0.335 e. The van der Waals surface area contributed by atoms with Crippen LogP contribution in [0.15, 0.2) is 24.3 Å². The van der Waals surface area contributed by atoms with Crippen LogP contribution in [0.4, 0.5) is 0 Å². The fraction of sp³-hybridized carbons (Fsp3) is 0.500. The van der Waals surface area contributed by atoms with E-state index in [0.29, 0.717) is 18.5 Å². The molecule has 1 aromatic carbocycles. The topological polar surface area (TPSA) is 38.1 Å². The average molecular weight is 323 g/mol. The van der Waals surface area contributed by atoms with Crippen molar-refractivity contribution in [1.29, 1.82) is 0 Å². The molecule has 0 N–H and O–H groups in total. The van der Waals surface area contributed by atoms with Gasteiger partial charge < -0.3 is 4.90 Å². The Labute approximate surface area is 143 Å². The lowest BCUT2D eigenvalue weighted by molar-refractivity contribution is -0.136. The predicted molar refractivity (Wildman–Crippen MR) is 93.6 cm³/mol. The molecule has 4 nitrogen and oxygen atoms in total. The van der Waals surface area contributed by atoms with Crippen LogP contribution < -0.4 is 0 Å². The SMILES string of the molecule is Cc1nn(C)c(C)c1CN(C(=O)C1Cc2ccccc2C1)C1CC1. The number of amides is 1. The highest BCUT2D eigenvalue weighted by molar-refractivity contribution is 5.81.